The van der Waals surface area contributed by atoms with Crippen LogP contribution in [0.2, 0.25) is 0 Å². The second-order valence-corrected chi connectivity index (χ2v) is 4.58. The third-order valence-electron chi connectivity index (χ3n) is 2.98. The summed E-state index contributed by atoms with van der Waals surface area (Å²) in [6.45, 7) is -0.175. The summed E-state index contributed by atoms with van der Waals surface area (Å²) in [5, 5.41) is 1.65. The van der Waals surface area contributed by atoms with Crippen molar-refractivity contribution in [1.82, 2.24) is 5.32 Å². The summed E-state index contributed by atoms with van der Waals surface area (Å²) >= 11 is 6.00. The van der Waals surface area contributed by atoms with E-state index in [0.717, 1.165) is 0 Å². The molecule has 0 spiro atoms. The molecular formula is C13H12ClNO4. The van der Waals surface area contributed by atoms with E-state index < -0.39 is 17.4 Å². The maximum Gasteiger partial charge on any atom is 0.319 e. The minimum absolute atomic E-state index is 0.175. The summed E-state index contributed by atoms with van der Waals surface area (Å²) in [6, 6.07) is 5.58. The van der Waals surface area contributed by atoms with Gasteiger partial charge >= 0.3 is 5.97 Å². The average molecular weight is 282 g/mol. The predicted molar refractivity (Wildman–Crippen MR) is 68.6 cm³/mol. The number of fused-ring (bicyclic) bond motifs is 1. The molecule has 2 unspecified atom stereocenters. The van der Waals surface area contributed by atoms with E-state index in [2.05, 4.69) is 10.1 Å². The number of halogens is 1. The number of hydrogen-bond acceptors (Lipinski definition) is 5. The number of nitrogens with one attached hydrogen (secondary N) is 1. The lowest BCUT2D eigenvalue weighted by Gasteiger charge is -2.27. The van der Waals surface area contributed by atoms with Crippen LogP contribution in [-0.2, 0) is 9.53 Å². The zero-order chi connectivity index (χ0) is 14.0. The lowest BCUT2D eigenvalue weighted by Crippen LogP contribution is -2.52. The van der Waals surface area contributed by atoms with Crippen molar-refractivity contribution in [3.05, 3.63) is 35.4 Å². The van der Waals surface area contributed by atoms with E-state index in [4.69, 9.17) is 11.6 Å². The predicted octanol–water partition coefficient (Wildman–Crippen LogP) is 0.804. The Bertz CT molecular complexity index is 543. The number of ether oxygens (including phenoxy) is 1. The molecule has 1 N–H and O–H groups in total. The molecule has 0 aliphatic heterocycles. The molecule has 0 saturated heterocycles. The fourth-order valence-corrected chi connectivity index (χ4v) is 2.30. The highest BCUT2D eigenvalue weighted by Crippen LogP contribution is 2.25. The van der Waals surface area contributed by atoms with Gasteiger partial charge in [0.2, 0.25) is 0 Å². The molecule has 1 aromatic carbocycles. The maximum atomic E-state index is 12.2. The van der Waals surface area contributed by atoms with E-state index >= 15 is 0 Å². The highest BCUT2D eigenvalue weighted by Gasteiger charge is 2.40. The minimum Gasteiger partial charge on any atom is -0.468 e. The number of rotatable bonds is 3. The van der Waals surface area contributed by atoms with Crippen LogP contribution in [0.25, 0.3) is 0 Å². The van der Waals surface area contributed by atoms with Crippen LogP contribution >= 0.6 is 11.6 Å². The second-order valence-electron chi connectivity index (χ2n) is 4.11. The summed E-state index contributed by atoms with van der Waals surface area (Å²) < 4.78 is 4.47. The number of esters is 1. The molecule has 2 atom stereocenters. The first-order chi connectivity index (χ1) is 9.06. The Morgan fingerprint density at radius 3 is 2.42 bits per heavy atom. The summed E-state index contributed by atoms with van der Waals surface area (Å²) in [5.74, 6) is -1.14. The van der Waals surface area contributed by atoms with Crippen LogP contribution in [-0.4, -0.2) is 42.6 Å². The number of methoxy groups -OCH3 is 1. The van der Waals surface area contributed by atoms with Gasteiger partial charge in [-0.15, -0.1) is 11.6 Å². The van der Waals surface area contributed by atoms with Gasteiger partial charge < -0.3 is 4.74 Å². The Hall–Kier alpha value is -1.72. The molecule has 19 heavy (non-hydrogen) atoms. The molecule has 1 aromatic rings. The third kappa shape index (κ3) is 2.52. The molecule has 0 heterocycles. The van der Waals surface area contributed by atoms with Gasteiger partial charge in [-0.1, -0.05) is 24.3 Å². The Balaban J connectivity index is 2.26. The van der Waals surface area contributed by atoms with Gasteiger partial charge in [0.15, 0.2) is 11.6 Å². The monoisotopic (exact) mass is 281 g/mol. The van der Waals surface area contributed by atoms with Gasteiger partial charge in [-0.25, -0.2) is 0 Å². The molecule has 6 heteroatoms. The van der Waals surface area contributed by atoms with Gasteiger partial charge in [-0.05, 0) is 0 Å². The number of carbonyl (C=O) groups is 3. The van der Waals surface area contributed by atoms with Crippen LogP contribution in [0.1, 0.15) is 20.7 Å². The lowest BCUT2D eigenvalue weighted by molar-refractivity contribution is -0.139. The average Bonchev–Trinajstić information content (AvgIpc) is 2.44. The van der Waals surface area contributed by atoms with Crippen molar-refractivity contribution < 1.29 is 19.1 Å². The molecule has 0 aromatic heterocycles. The van der Waals surface area contributed by atoms with E-state index in [0.29, 0.717) is 11.1 Å². The standard InChI is InChI=1S/C13H12ClNO4/c1-19-9(16)6-15-11-10(14)12(17)7-4-2-3-5-8(7)13(11)18/h2-5,10-11,15H,6H2,1H3. The van der Waals surface area contributed by atoms with Crippen LogP contribution in [0.3, 0.4) is 0 Å². The number of ketones is 2. The normalized spacial score (nSPS) is 22.0. The Morgan fingerprint density at radius 2 is 1.84 bits per heavy atom. The summed E-state index contributed by atoms with van der Waals surface area (Å²) in [4.78, 5) is 35.3. The number of benzene rings is 1. The molecule has 0 bridgehead atoms. The molecule has 100 valence electrons. The molecular weight excluding hydrogens is 270 g/mol. The second kappa shape index (κ2) is 5.50. The minimum atomic E-state index is -1.02. The highest BCUT2D eigenvalue weighted by molar-refractivity contribution is 6.39. The first kappa shape index (κ1) is 13.7. The molecule has 1 aliphatic rings. The van der Waals surface area contributed by atoms with E-state index in [1.54, 1.807) is 24.3 Å². The first-order valence-corrected chi connectivity index (χ1v) is 6.11. The summed E-state index contributed by atoms with van der Waals surface area (Å²) in [6.07, 6.45) is 0. The van der Waals surface area contributed by atoms with Crippen LogP contribution in [0.5, 0.6) is 0 Å². The molecule has 0 fully saturated rings. The van der Waals surface area contributed by atoms with Crippen molar-refractivity contribution in [2.45, 2.75) is 11.4 Å². The molecule has 0 radical (unpaired) electrons. The smallest absolute Gasteiger partial charge is 0.319 e. The number of Topliss-reactive ketones (excluding diaryl/α,β-unsaturated/α-hetero) is 2. The zero-order valence-electron chi connectivity index (χ0n) is 10.2. The Labute approximate surface area is 114 Å². The van der Waals surface area contributed by atoms with Crippen molar-refractivity contribution >= 4 is 29.1 Å². The van der Waals surface area contributed by atoms with Crippen LogP contribution in [0.4, 0.5) is 0 Å². The fraction of sp³-hybridized carbons (Fsp3) is 0.308. The van der Waals surface area contributed by atoms with Gasteiger partial charge in [0.05, 0.1) is 19.7 Å². The first-order valence-electron chi connectivity index (χ1n) is 5.68. The summed E-state index contributed by atoms with van der Waals surface area (Å²) in [5.41, 5.74) is 0.649. The number of alkyl halides is 1. The van der Waals surface area contributed by atoms with Crippen LogP contribution < -0.4 is 5.32 Å². The quantitative estimate of drug-likeness (QED) is 0.655. The van der Waals surface area contributed by atoms with E-state index in [-0.39, 0.29) is 18.1 Å². The maximum absolute atomic E-state index is 12.2. The van der Waals surface area contributed by atoms with E-state index in [1.807, 2.05) is 0 Å². The van der Waals surface area contributed by atoms with Gasteiger partial charge in [0.1, 0.15) is 5.38 Å². The van der Waals surface area contributed by atoms with Crippen molar-refractivity contribution in [2.24, 2.45) is 0 Å². The Morgan fingerprint density at radius 1 is 1.26 bits per heavy atom. The third-order valence-corrected chi connectivity index (χ3v) is 3.43. The largest absolute Gasteiger partial charge is 0.468 e. The van der Waals surface area contributed by atoms with Crippen molar-refractivity contribution in [3.63, 3.8) is 0 Å². The van der Waals surface area contributed by atoms with Crippen molar-refractivity contribution in [3.8, 4) is 0 Å². The molecule has 5 nitrogen and oxygen atoms in total. The van der Waals surface area contributed by atoms with Gasteiger partial charge in [0, 0.05) is 11.1 Å². The number of carbonyl (C=O) groups excluding carboxylic acids is 3. The highest BCUT2D eigenvalue weighted by atomic mass is 35.5. The topological polar surface area (TPSA) is 72.5 Å². The molecule has 0 amide bonds. The van der Waals surface area contributed by atoms with Gasteiger partial charge in [0.25, 0.3) is 0 Å². The van der Waals surface area contributed by atoms with Gasteiger partial charge in [-0.3, -0.25) is 19.7 Å². The molecule has 2 rings (SSSR count). The van der Waals surface area contributed by atoms with E-state index in [1.165, 1.54) is 7.11 Å². The van der Waals surface area contributed by atoms with Gasteiger partial charge in [-0.2, -0.15) is 0 Å². The van der Waals surface area contributed by atoms with Crippen LogP contribution in [0, 0.1) is 0 Å². The zero-order valence-corrected chi connectivity index (χ0v) is 10.9. The van der Waals surface area contributed by atoms with Crippen molar-refractivity contribution in [2.75, 3.05) is 13.7 Å². The summed E-state index contributed by atoms with van der Waals surface area (Å²) in [7, 11) is 1.24. The SMILES string of the molecule is COC(=O)CNC1C(=O)c2ccccc2C(=O)C1Cl. The lowest BCUT2D eigenvalue weighted by atomic mass is 9.86. The van der Waals surface area contributed by atoms with Crippen LogP contribution in [0.15, 0.2) is 24.3 Å². The van der Waals surface area contributed by atoms with E-state index in [9.17, 15) is 14.4 Å². The van der Waals surface area contributed by atoms with Crippen molar-refractivity contribution in [1.29, 1.82) is 0 Å². The molecule has 1 aliphatic carbocycles. The number of hydrogen-bond donors (Lipinski definition) is 1. The molecule has 0 saturated carbocycles. The fourth-order valence-electron chi connectivity index (χ4n) is 1.97. The Kier molecular flexibility index (Phi) is 3.97.